The zero-order valence-corrected chi connectivity index (χ0v) is 12.0. The number of aromatic nitrogens is 2. The number of methoxy groups -OCH3 is 1. The van der Waals surface area contributed by atoms with Crippen molar-refractivity contribution in [1.29, 1.82) is 0 Å². The van der Waals surface area contributed by atoms with E-state index in [1.807, 2.05) is 29.9 Å². The van der Waals surface area contributed by atoms with Gasteiger partial charge in [0.15, 0.2) is 5.75 Å². The molecular formula is C14H18N4O3. The smallest absolute Gasteiger partial charge is 0.311 e. The average Bonchev–Trinajstić information content (AvgIpc) is 2.97. The maximum atomic E-state index is 11.0. The Morgan fingerprint density at radius 1 is 1.52 bits per heavy atom. The van der Waals surface area contributed by atoms with Gasteiger partial charge in [0.05, 0.1) is 18.6 Å². The van der Waals surface area contributed by atoms with E-state index >= 15 is 0 Å². The number of nitro benzene ring substituents is 1. The van der Waals surface area contributed by atoms with Crippen molar-refractivity contribution in [1.82, 2.24) is 15.1 Å². The van der Waals surface area contributed by atoms with Gasteiger partial charge in [0.2, 0.25) is 0 Å². The van der Waals surface area contributed by atoms with Crippen LogP contribution in [0.2, 0.25) is 0 Å². The molecule has 0 fully saturated rings. The van der Waals surface area contributed by atoms with Crippen LogP contribution in [0.3, 0.4) is 0 Å². The Labute approximate surface area is 122 Å². The molecule has 0 amide bonds. The van der Waals surface area contributed by atoms with Crippen LogP contribution in [-0.2, 0) is 13.1 Å². The Morgan fingerprint density at radius 3 is 2.95 bits per heavy atom. The number of nitro groups is 1. The molecule has 21 heavy (non-hydrogen) atoms. The summed E-state index contributed by atoms with van der Waals surface area (Å²) in [6.45, 7) is 3.33. The zero-order chi connectivity index (χ0) is 15.2. The number of hydrogen-bond acceptors (Lipinski definition) is 5. The zero-order valence-electron chi connectivity index (χ0n) is 12.0. The highest BCUT2D eigenvalue weighted by molar-refractivity contribution is 5.48. The monoisotopic (exact) mass is 290 g/mol. The van der Waals surface area contributed by atoms with Crippen molar-refractivity contribution in [2.75, 3.05) is 7.11 Å². The van der Waals surface area contributed by atoms with Gasteiger partial charge in [0.1, 0.15) is 0 Å². The summed E-state index contributed by atoms with van der Waals surface area (Å²) in [6, 6.07) is 7.05. The molecule has 1 N–H and O–H groups in total. The Hall–Kier alpha value is -2.41. The number of nitrogens with one attached hydrogen (secondary N) is 1. The summed E-state index contributed by atoms with van der Waals surface area (Å²) in [6.07, 6.45) is 3.63. The van der Waals surface area contributed by atoms with E-state index in [9.17, 15) is 10.1 Å². The predicted molar refractivity (Wildman–Crippen MR) is 78.2 cm³/mol. The molecule has 0 spiro atoms. The first-order chi connectivity index (χ1) is 10.1. The summed E-state index contributed by atoms with van der Waals surface area (Å²) in [5.74, 6) is 0.272. The first kappa shape index (κ1) is 15.0. The molecule has 0 radical (unpaired) electrons. The van der Waals surface area contributed by atoms with Crippen LogP contribution in [0, 0.1) is 10.1 Å². The lowest BCUT2D eigenvalue weighted by atomic mass is 10.1. The standard InChI is InChI=1S/C14H18N4O3/c1-11(10-17-7-3-6-16-17)15-9-12-4-5-14(21-2)13(8-12)18(19)20/h3-8,11,15H,9-10H2,1-2H3. The molecule has 1 aromatic heterocycles. The third-order valence-corrected chi connectivity index (χ3v) is 3.11. The minimum Gasteiger partial charge on any atom is -0.490 e. The largest absolute Gasteiger partial charge is 0.490 e. The van der Waals surface area contributed by atoms with Crippen LogP contribution in [0.15, 0.2) is 36.7 Å². The molecule has 1 heterocycles. The topological polar surface area (TPSA) is 82.2 Å². The second kappa shape index (κ2) is 6.85. The Bertz CT molecular complexity index is 598. The van der Waals surface area contributed by atoms with Crippen molar-refractivity contribution in [2.45, 2.75) is 26.1 Å². The SMILES string of the molecule is COc1ccc(CNC(C)Cn2cccn2)cc1[N+](=O)[O-]. The van der Waals surface area contributed by atoms with Crippen LogP contribution in [0.1, 0.15) is 12.5 Å². The molecule has 1 unspecified atom stereocenters. The van der Waals surface area contributed by atoms with Crippen molar-refractivity contribution in [3.63, 3.8) is 0 Å². The van der Waals surface area contributed by atoms with E-state index in [2.05, 4.69) is 10.4 Å². The maximum absolute atomic E-state index is 11.0. The van der Waals surface area contributed by atoms with Crippen LogP contribution in [0.5, 0.6) is 5.75 Å². The fourth-order valence-corrected chi connectivity index (χ4v) is 2.03. The summed E-state index contributed by atoms with van der Waals surface area (Å²) < 4.78 is 6.83. The van der Waals surface area contributed by atoms with E-state index < -0.39 is 4.92 Å². The van der Waals surface area contributed by atoms with Gasteiger partial charge < -0.3 is 10.1 Å². The van der Waals surface area contributed by atoms with E-state index in [0.717, 1.165) is 12.1 Å². The van der Waals surface area contributed by atoms with Crippen molar-refractivity contribution in [2.24, 2.45) is 0 Å². The fraction of sp³-hybridized carbons (Fsp3) is 0.357. The molecule has 0 aliphatic carbocycles. The van der Waals surface area contributed by atoms with Gasteiger partial charge in [-0.3, -0.25) is 14.8 Å². The average molecular weight is 290 g/mol. The first-order valence-electron chi connectivity index (χ1n) is 6.62. The quantitative estimate of drug-likeness (QED) is 0.623. The molecule has 0 bridgehead atoms. The van der Waals surface area contributed by atoms with E-state index in [1.54, 1.807) is 12.3 Å². The maximum Gasteiger partial charge on any atom is 0.311 e. The normalized spacial score (nSPS) is 12.1. The Balaban J connectivity index is 1.96. The molecule has 112 valence electrons. The van der Waals surface area contributed by atoms with Gasteiger partial charge in [-0.15, -0.1) is 0 Å². The minimum atomic E-state index is -0.435. The lowest BCUT2D eigenvalue weighted by molar-refractivity contribution is -0.385. The molecule has 1 atom stereocenters. The van der Waals surface area contributed by atoms with Crippen molar-refractivity contribution in [3.8, 4) is 5.75 Å². The highest BCUT2D eigenvalue weighted by atomic mass is 16.6. The second-order valence-electron chi connectivity index (χ2n) is 4.77. The van der Waals surface area contributed by atoms with Crippen molar-refractivity contribution < 1.29 is 9.66 Å². The van der Waals surface area contributed by atoms with Gasteiger partial charge in [-0.25, -0.2) is 0 Å². The Morgan fingerprint density at radius 2 is 2.33 bits per heavy atom. The number of ether oxygens (including phenoxy) is 1. The van der Waals surface area contributed by atoms with E-state index in [4.69, 9.17) is 4.74 Å². The Kier molecular flexibility index (Phi) is 4.89. The molecule has 2 aromatic rings. The number of hydrogen-bond donors (Lipinski definition) is 1. The lowest BCUT2D eigenvalue weighted by Crippen LogP contribution is -2.30. The van der Waals surface area contributed by atoms with Crippen LogP contribution >= 0.6 is 0 Å². The van der Waals surface area contributed by atoms with Crippen LogP contribution in [0.25, 0.3) is 0 Å². The van der Waals surface area contributed by atoms with Gasteiger partial charge in [0, 0.05) is 31.0 Å². The highest BCUT2D eigenvalue weighted by Crippen LogP contribution is 2.27. The van der Waals surface area contributed by atoms with E-state index in [1.165, 1.54) is 13.2 Å². The molecule has 0 saturated carbocycles. The van der Waals surface area contributed by atoms with Crippen LogP contribution < -0.4 is 10.1 Å². The lowest BCUT2D eigenvalue weighted by Gasteiger charge is -2.14. The number of nitrogens with zero attached hydrogens (tertiary/aromatic N) is 3. The first-order valence-corrected chi connectivity index (χ1v) is 6.62. The minimum absolute atomic E-state index is 0.0171. The number of benzene rings is 1. The van der Waals surface area contributed by atoms with Gasteiger partial charge in [0.25, 0.3) is 0 Å². The van der Waals surface area contributed by atoms with Gasteiger partial charge in [-0.2, -0.15) is 5.10 Å². The third-order valence-electron chi connectivity index (χ3n) is 3.11. The molecule has 0 aliphatic rings. The molecule has 0 saturated heterocycles. The van der Waals surface area contributed by atoms with Crippen molar-refractivity contribution in [3.05, 3.63) is 52.3 Å². The summed E-state index contributed by atoms with van der Waals surface area (Å²) in [4.78, 5) is 10.5. The third kappa shape index (κ3) is 4.03. The fourth-order valence-electron chi connectivity index (χ4n) is 2.03. The van der Waals surface area contributed by atoms with Crippen LogP contribution in [0.4, 0.5) is 5.69 Å². The molecule has 2 rings (SSSR count). The summed E-state index contributed by atoms with van der Waals surface area (Å²) in [5, 5.41) is 18.4. The number of rotatable bonds is 7. The molecule has 1 aromatic carbocycles. The summed E-state index contributed by atoms with van der Waals surface area (Å²) in [5.41, 5.74) is 0.825. The highest BCUT2D eigenvalue weighted by Gasteiger charge is 2.15. The van der Waals surface area contributed by atoms with Gasteiger partial charge >= 0.3 is 5.69 Å². The molecular weight excluding hydrogens is 272 g/mol. The predicted octanol–water partition coefficient (Wildman–Crippen LogP) is 1.98. The van der Waals surface area contributed by atoms with E-state index in [-0.39, 0.29) is 17.5 Å². The summed E-state index contributed by atoms with van der Waals surface area (Å²) >= 11 is 0. The van der Waals surface area contributed by atoms with Crippen LogP contribution in [-0.4, -0.2) is 27.9 Å². The van der Waals surface area contributed by atoms with Gasteiger partial charge in [-0.05, 0) is 24.6 Å². The molecule has 7 heteroatoms. The van der Waals surface area contributed by atoms with Gasteiger partial charge in [-0.1, -0.05) is 6.07 Å². The molecule has 0 aliphatic heterocycles. The van der Waals surface area contributed by atoms with E-state index in [0.29, 0.717) is 6.54 Å². The molecule has 7 nitrogen and oxygen atoms in total. The second-order valence-corrected chi connectivity index (χ2v) is 4.77. The summed E-state index contributed by atoms with van der Waals surface area (Å²) in [7, 11) is 1.42. The van der Waals surface area contributed by atoms with Crippen molar-refractivity contribution >= 4 is 5.69 Å².